The number of thiazole rings is 1. The molecular weight excluding hydrogens is 180 g/mol. The van der Waals surface area contributed by atoms with E-state index in [-0.39, 0.29) is 0 Å². The van der Waals surface area contributed by atoms with Crippen molar-refractivity contribution in [3.8, 4) is 0 Å². The van der Waals surface area contributed by atoms with E-state index in [9.17, 15) is 0 Å². The SMILES string of the molecule is Cc1csc(CNCCCl)n1. The molecule has 2 nitrogen and oxygen atoms in total. The number of hydrogen-bond acceptors (Lipinski definition) is 3. The van der Waals surface area contributed by atoms with Crippen molar-refractivity contribution in [2.75, 3.05) is 12.4 Å². The van der Waals surface area contributed by atoms with Crippen LogP contribution in [0.3, 0.4) is 0 Å². The molecule has 0 saturated carbocycles. The van der Waals surface area contributed by atoms with Crippen molar-refractivity contribution in [1.82, 2.24) is 10.3 Å². The van der Waals surface area contributed by atoms with Gasteiger partial charge in [-0.1, -0.05) is 0 Å². The highest BCUT2D eigenvalue weighted by Gasteiger charge is 1.95. The molecule has 0 amide bonds. The van der Waals surface area contributed by atoms with Crippen molar-refractivity contribution in [3.63, 3.8) is 0 Å². The number of aromatic nitrogens is 1. The summed E-state index contributed by atoms with van der Waals surface area (Å²) in [4.78, 5) is 4.30. The fraction of sp³-hybridized carbons (Fsp3) is 0.571. The smallest absolute Gasteiger partial charge is 0.107 e. The number of halogens is 1. The Morgan fingerprint density at radius 2 is 2.55 bits per heavy atom. The average Bonchev–Trinajstić information content (AvgIpc) is 2.37. The molecule has 1 aromatic rings. The minimum atomic E-state index is 0.657. The Balaban J connectivity index is 2.27. The van der Waals surface area contributed by atoms with Crippen LogP contribution in [0.1, 0.15) is 10.7 Å². The van der Waals surface area contributed by atoms with Crippen molar-refractivity contribution in [2.45, 2.75) is 13.5 Å². The summed E-state index contributed by atoms with van der Waals surface area (Å²) in [6.45, 7) is 3.69. The summed E-state index contributed by atoms with van der Waals surface area (Å²) in [5, 5.41) is 6.37. The van der Waals surface area contributed by atoms with Crippen molar-refractivity contribution in [1.29, 1.82) is 0 Å². The van der Waals surface area contributed by atoms with Crippen LogP contribution in [0.5, 0.6) is 0 Å². The molecule has 0 spiro atoms. The van der Waals surface area contributed by atoms with Gasteiger partial charge in [0.1, 0.15) is 5.01 Å². The second-order valence-corrected chi connectivity index (χ2v) is 3.57. The highest BCUT2D eigenvalue weighted by atomic mass is 35.5. The van der Waals surface area contributed by atoms with Crippen LogP contribution in [-0.2, 0) is 6.54 Å². The summed E-state index contributed by atoms with van der Waals surface area (Å²) in [5.41, 5.74) is 1.10. The predicted octanol–water partition coefficient (Wildman–Crippen LogP) is 1.78. The number of hydrogen-bond donors (Lipinski definition) is 1. The lowest BCUT2D eigenvalue weighted by Crippen LogP contribution is -2.15. The van der Waals surface area contributed by atoms with Gasteiger partial charge in [-0.25, -0.2) is 4.98 Å². The first kappa shape index (κ1) is 8.97. The molecule has 4 heteroatoms. The van der Waals surface area contributed by atoms with Gasteiger partial charge in [0, 0.05) is 30.0 Å². The van der Waals surface area contributed by atoms with Crippen molar-refractivity contribution >= 4 is 22.9 Å². The van der Waals surface area contributed by atoms with Crippen LogP contribution in [0.25, 0.3) is 0 Å². The summed E-state index contributed by atoms with van der Waals surface area (Å²) in [6.07, 6.45) is 0. The quantitative estimate of drug-likeness (QED) is 0.579. The molecule has 1 rings (SSSR count). The minimum absolute atomic E-state index is 0.657. The van der Waals surface area contributed by atoms with E-state index in [4.69, 9.17) is 11.6 Å². The molecule has 0 radical (unpaired) electrons. The normalized spacial score (nSPS) is 10.4. The lowest BCUT2D eigenvalue weighted by atomic mass is 10.5. The van der Waals surface area contributed by atoms with Crippen LogP contribution in [0.2, 0.25) is 0 Å². The minimum Gasteiger partial charge on any atom is -0.309 e. The number of nitrogens with zero attached hydrogens (tertiary/aromatic N) is 1. The number of alkyl halides is 1. The van der Waals surface area contributed by atoms with Crippen molar-refractivity contribution < 1.29 is 0 Å². The zero-order chi connectivity index (χ0) is 8.10. The number of aryl methyl sites for hydroxylation is 1. The third-order valence-corrected chi connectivity index (χ3v) is 2.37. The van der Waals surface area contributed by atoms with E-state index in [0.717, 1.165) is 23.8 Å². The van der Waals surface area contributed by atoms with Gasteiger partial charge >= 0.3 is 0 Å². The van der Waals surface area contributed by atoms with Gasteiger partial charge in [0.25, 0.3) is 0 Å². The van der Waals surface area contributed by atoms with Gasteiger partial charge in [0.15, 0.2) is 0 Å². The largest absolute Gasteiger partial charge is 0.309 e. The van der Waals surface area contributed by atoms with Crippen LogP contribution < -0.4 is 5.32 Å². The molecule has 0 atom stereocenters. The first-order valence-electron chi connectivity index (χ1n) is 3.50. The summed E-state index contributed by atoms with van der Waals surface area (Å²) in [7, 11) is 0. The van der Waals surface area contributed by atoms with Crippen LogP contribution in [-0.4, -0.2) is 17.4 Å². The molecule has 62 valence electrons. The molecule has 0 fully saturated rings. The van der Waals surface area contributed by atoms with Crippen molar-refractivity contribution in [2.24, 2.45) is 0 Å². The van der Waals surface area contributed by atoms with E-state index < -0.39 is 0 Å². The molecular formula is C7H11ClN2S. The monoisotopic (exact) mass is 190 g/mol. The second-order valence-electron chi connectivity index (χ2n) is 2.25. The van der Waals surface area contributed by atoms with Crippen molar-refractivity contribution in [3.05, 3.63) is 16.1 Å². The molecule has 1 aromatic heterocycles. The Morgan fingerprint density at radius 3 is 3.09 bits per heavy atom. The number of rotatable bonds is 4. The molecule has 0 unspecified atom stereocenters. The molecule has 0 saturated heterocycles. The van der Waals surface area contributed by atoms with Crippen LogP contribution in [0.4, 0.5) is 0 Å². The Labute approximate surface area is 75.6 Å². The maximum absolute atomic E-state index is 5.49. The third-order valence-electron chi connectivity index (χ3n) is 1.21. The van der Waals surface area contributed by atoms with Gasteiger partial charge in [-0.2, -0.15) is 0 Å². The lowest BCUT2D eigenvalue weighted by Gasteiger charge is -1.96. The molecule has 0 aliphatic rings. The molecule has 0 aliphatic carbocycles. The fourth-order valence-electron chi connectivity index (χ4n) is 0.746. The molecule has 1 heterocycles. The van der Waals surface area contributed by atoms with Crippen LogP contribution in [0, 0.1) is 6.92 Å². The van der Waals surface area contributed by atoms with E-state index in [1.807, 2.05) is 6.92 Å². The van der Waals surface area contributed by atoms with E-state index in [1.54, 1.807) is 11.3 Å². The van der Waals surface area contributed by atoms with E-state index in [2.05, 4.69) is 15.7 Å². The maximum atomic E-state index is 5.49. The summed E-state index contributed by atoms with van der Waals surface area (Å²) in [6, 6.07) is 0. The first-order valence-corrected chi connectivity index (χ1v) is 4.92. The maximum Gasteiger partial charge on any atom is 0.107 e. The molecule has 0 bridgehead atoms. The Hall–Kier alpha value is -0.120. The molecule has 0 aliphatic heterocycles. The van der Waals surface area contributed by atoms with E-state index in [0.29, 0.717) is 5.88 Å². The van der Waals surface area contributed by atoms with Gasteiger partial charge in [-0.05, 0) is 6.92 Å². The van der Waals surface area contributed by atoms with E-state index >= 15 is 0 Å². The zero-order valence-electron chi connectivity index (χ0n) is 6.43. The van der Waals surface area contributed by atoms with Crippen LogP contribution >= 0.6 is 22.9 Å². The molecule has 11 heavy (non-hydrogen) atoms. The zero-order valence-corrected chi connectivity index (χ0v) is 8.00. The van der Waals surface area contributed by atoms with Gasteiger partial charge in [-0.3, -0.25) is 0 Å². The standard InChI is InChI=1S/C7H11ClN2S/c1-6-5-11-7(10-6)4-9-3-2-8/h5,9H,2-4H2,1H3. The highest BCUT2D eigenvalue weighted by Crippen LogP contribution is 2.07. The Kier molecular flexibility index (Phi) is 3.83. The average molecular weight is 191 g/mol. The van der Waals surface area contributed by atoms with Crippen LogP contribution in [0.15, 0.2) is 5.38 Å². The first-order chi connectivity index (χ1) is 5.33. The second kappa shape index (κ2) is 4.70. The van der Waals surface area contributed by atoms with E-state index in [1.165, 1.54) is 0 Å². The molecule has 1 N–H and O–H groups in total. The third kappa shape index (κ3) is 3.18. The fourth-order valence-corrected chi connectivity index (χ4v) is 1.62. The Bertz CT molecular complexity index is 212. The summed E-state index contributed by atoms with van der Waals surface area (Å²) in [5.74, 6) is 0.657. The lowest BCUT2D eigenvalue weighted by molar-refractivity contribution is 0.724. The number of nitrogens with one attached hydrogen (secondary N) is 1. The van der Waals surface area contributed by atoms with Gasteiger partial charge in [0.05, 0.1) is 0 Å². The highest BCUT2D eigenvalue weighted by molar-refractivity contribution is 7.09. The topological polar surface area (TPSA) is 24.9 Å². The predicted molar refractivity (Wildman–Crippen MR) is 49.3 cm³/mol. The summed E-state index contributed by atoms with van der Waals surface area (Å²) >= 11 is 7.18. The van der Waals surface area contributed by atoms with Gasteiger partial charge in [0.2, 0.25) is 0 Å². The Morgan fingerprint density at radius 1 is 1.73 bits per heavy atom. The molecule has 0 aromatic carbocycles. The van der Waals surface area contributed by atoms with Gasteiger partial charge in [-0.15, -0.1) is 22.9 Å². The van der Waals surface area contributed by atoms with Gasteiger partial charge < -0.3 is 5.32 Å². The summed E-state index contributed by atoms with van der Waals surface area (Å²) < 4.78 is 0.